The van der Waals surface area contributed by atoms with Gasteiger partial charge in [-0.2, -0.15) is 0 Å². The standard InChI is InChI=1S/C22H13Br2N3/c1-25-22(20-13-27-21-6-5-17(24)11-19(20)21)10-15-12-26-8-7-18(15)14-3-2-4-16(23)9-14/h2-13,27H/b22-10-. The molecular weight excluding hydrogens is 466 g/mol. The fourth-order valence-electron chi connectivity index (χ4n) is 3.06. The summed E-state index contributed by atoms with van der Waals surface area (Å²) < 4.78 is 2.00. The smallest absolute Gasteiger partial charge is 0.197 e. The van der Waals surface area contributed by atoms with Gasteiger partial charge in [-0.15, -0.1) is 0 Å². The maximum absolute atomic E-state index is 7.73. The summed E-state index contributed by atoms with van der Waals surface area (Å²) in [5.41, 5.74) is 5.47. The largest absolute Gasteiger partial charge is 0.362 e. The van der Waals surface area contributed by atoms with E-state index in [2.05, 4.69) is 58.8 Å². The number of nitrogens with zero attached hydrogens (tertiary/aromatic N) is 2. The molecule has 4 aromatic rings. The molecule has 130 valence electrons. The van der Waals surface area contributed by atoms with Crippen molar-refractivity contribution in [3.05, 3.63) is 98.6 Å². The van der Waals surface area contributed by atoms with E-state index < -0.39 is 0 Å². The number of pyridine rings is 1. The second kappa shape index (κ2) is 7.51. The molecule has 2 aromatic carbocycles. The number of rotatable bonds is 3. The monoisotopic (exact) mass is 477 g/mol. The van der Waals surface area contributed by atoms with E-state index in [9.17, 15) is 0 Å². The molecule has 0 aliphatic rings. The van der Waals surface area contributed by atoms with Crippen LogP contribution >= 0.6 is 31.9 Å². The molecule has 0 atom stereocenters. The van der Waals surface area contributed by atoms with E-state index in [0.717, 1.165) is 42.1 Å². The molecule has 0 saturated carbocycles. The van der Waals surface area contributed by atoms with Crippen molar-refractivity contribution in [2.75, 3.05) is 0 Å². The third kappa shape index (κ3) is 3.59. The van der Waals surface area contributed by atoms with Gasteiger partial charge in [-0.25, -0.2) is 4.85 Å². The third-order valence-corrected chi connectivity index (χ3v) is 5.31. The lowest BCUT2D eigenvalue weighted by molar-refractivity contribution is 1.32. The predicted molar refractivity (Wildman–Crippen MR) is 118 cm³/mol. The first-order valence-electron chi connectivity index (χ1n) is 8.22. The zero-order valence-corrected chi connectivity index (χ0v) is 17.3. The highest BCUT2D eigenvalue weighted by molar-refractivity contribution is 9.10. The minimum absolute atomic E-state index is 0.573. The third-order valence-electron chi connectivity index (χ3n) is 4.32. The van der Waals surface area contributed by atoms with Crippen LogP contribution in [0.4, 0.5) is 0 Å². The van der Waals surface area contributed by atoms with Crippen LogP contribution in [-0.4, -0.2) is 9.97 Å². The fourth-order valence-corrected chi connectivity index (χ4v) is 3.82. The van der Waals surface area contributed by atoms with Crippen molar-refractivity contribution in [3.63, 3.8) is 0 Å². The normalized spacial score (nSPS) is 11.5. The first-order chi connectivity index (χ1) is 13.2. The molecule has 1 N–H and O–H groups in total. The van der Waals surface area contributed by atoms with Crippen LogP contribution in [0.25, 0.3) is 38.6 Å². The van der Waals surface area contributed by atoms with Gasteiger partial charge < -0.3 is 4.98 Å². The summed E-state index contributed by atoms with van der Waals surface area (Å²) in [6.45, 7) is 7.73. The molecule has 0 spiro atoms. The van der Waals surface area contributed by atoms with Gasteiger partial charge in [0.2, 0.25) is 0 Å². The maximum atomic E-state index is 7.73. The lowest BCUT2D eigenvalue weighted by Gasteiger charge is -2.07. The number of nitrogens with one attached hydrogen (secondary N) is 1. The van der Waals surface area contributed by atoms with Gasteiger partial charge in [-0.3, -0.25) is 4.98 Å². The highest BCUT2D eigenvalue weighted by Gasteiger charge is 2.11. The Bertz CT molecular complexity index is 1220. The number of H-pyrrole nitrogens is 1. The summed E-state index contributed by atoms with van der Waals surface area (Å²) in [4.78, 5) is 11.3. The molecule has 5 heteroatoms. The molecule has 0 saturated heterocycles. The number of fused-ring (bicyclic) bond motifs is 1. The molecular formula is C22H13Br2N3. The molecule has 0 fully saturated rings. The molecule has 4 rings (SSSR count). The lowest BCUT2D eigenvalue weighted by Crippen LogP contribution is -1.87. The van der Waals surface area contributed by atoms with E-state index in [0.29, 0.717) is 5.70 Å². The van der Waals surface area contributed by atoms with Crippen LogP contribution in [0, 0.1) is 6.57 Å². The van der Waals surface area contributed by atoms with Crippen molar-refractivity contribution >= 4 is 54.5 Å². The first kappa shape index (κ1) is 17.7. The first-order valence-corrected chi connectivity index (χ1v) is 9.80. The zero-order valence-electron chi connectivity index (χ0n) is 14.1. The Morgan fingerprint density at radius 3 is 2.74 bits per heavy atom. The topological polar surface area (TPSA) is 33.0 Å². The zero-order chi connectivity index (χ0) is 18.8. The minimum atomic E-state index is 0.573. The number of hydrogen-bond donors (Lipinski definition) is 1. The summed E-state index contributed by atoms with van der Waals surface area (Å²) in [6.07, 6.45) is 7.36. The number of halogens is 2. The van der Waals surface area contributed by atoms with Crippen LogP contribution in [-0.2, 0) is 0 Å². The quantitative estimate of drug-likeness (QED) is 0.311. The molecule has 0 aliphatic carbocycles. The maximum Gasteiger partial charge on any atom is 0.197 e. The van der Waals surface area contributed by atoms with Crippen molar-refractivity contribution in [1.29, 1.82) is 0 Å². The van der Waals surface area contributed by atoms with Crippen molar-refractivity contribution in [1.82, 2.24) is 9.97 Å². The van der Waals surface area contributed by atoms with E-state index >= 15 is 0 Å². The second-order valence-corrected chi connectivity index (χ2v) is 7.84. The predicted octanol–water partition coefficient (Wildman–Crippen LogP) is 7.17. The lowest BCUT2D eigenvalue weighted by atomic mass is 10.00. The number of aromatic nitrogens is 2. The van der Waals surface area contributed by atoms with E-state index in [1.165, 1.54) is 0 Å². The van der Waals surface area contributed by atoms with Crippen LogP contribution in [0.3, 0.4) is 0 Å². The van der Waals surface area contributed by atoms with Gasteiger partial charge >= 0.3 is 0 Å². The summed E-state index contributed by atoms with van der Waals surface area (Å²) in [6, 6.07) is 16.1. The summed E-state index contributed by atoms with van der Waals surface area (Å²) in [7, 11) is 0. The Kier molecular flexibility index (Phi) is 4.93. The minimum Gasteiger partial charge on any atom is -0.362 e. The van der Waals surface area contributed by atoms with E-state index in [1.807, 2.05) is 48.7 Å². The Morgan fingerprint density at radius 2 is 1.93 bits per heavy atom. The van der Waals surface area contributed by atoms with Gasteiger partial charge in [-0.1, -0.05) is 44.0 Å². The van der Waals surface area contributed by atoms with Crippen molar-refractivity contribution in [3.8, 4) is 11.1 Å². The van der Waals surface area contributed by atoms with Crippen LogP contribution < -0.4 is 0 Å². The molecule has 27 heavy (non-hydrogen) atoms. The molecule has 3 nitrogen and oxygen atoms in total. The van der Waals surface area contributed by atoms with Crippen molar-refractivity contribution in [2.24, 2.45) is 0 Å². The fraction of sp³-hybridized carbons (Fsp3) is 0. The molecule has 2 aromatic heterocycles. The molecule has 0 amide bonds. The van der Waals surface area contributed by atoms with E-state index in [4.69, 9.17) is 6.57 Å². The molecule has 0 radical (unpaired) electrons. The SMILES string of the molecule is [C-]#[N+]/C(=C\c1cnccc1-c1cccc(Br)c1)c1c[nH]c2ccc(Br)cc12. The van der Waals surface area contributed by atoms with Crippen LogP contribution in [0.15, 0.2) is 76.1 Å². The summed E-state index contributed by atoms with van der Waals surface area (Å²) in [5, 5.41) is 1.01. The Balaban J connectivity index is 1.87. The highest BCUT2D eigenvalue weighted by Crippen LogP contribution is 2.32. The van der Waals surface area contributed by atoms with Crippen LogP contribution in [0.2, 0.25) is 0 Å². The summed E-state index contributed by atoms with van der Waals surface area (Å²) >= 11 is 7.04. The number of aromatic amines is 1. The van der Waals surface area contributed by atoms with Gasteiger partial charge in [0.1, 0.15) is 0 Å². The van der Waals surface area contributed by atoms with Crippen molar-refractivity contribution in [2.45, 2.75) is 0 Å². The van der Waals surface area contributed by atoms with Gasteiger partial charge in [0, 0.05) is 32.4 Å². The van der Waals surface area contributed by atoms with Gasteiger partial charge in [0.05, 0.1) is 6.57 Å². The van der Waals surface area contributed by atoms with E-state index in [1.54, 1.807) is 12.4 Å². The van der Waals surface area contributed by atoms with Crippen LogP contribution in [0.5, 0.6) is 0 Å². The highest BCUT2D eigenvalue weighted by atomic mass is 79.9. The number of benzene rings is 2. The van der Waals surface area contributed by atoms with Gasteiger partial charge in [0.25, 0.3) is 0 Å². The Labute approximate surface area is 173 Å². The second-order valence-electron chi connectivity index (χ2n) is 6.01. The van der Waals surface area contributed by atoms with Gasteiger partial charge in [-0.05, 0) is 70.7 Å². The number of hydrogen-bond acceptors (Lipinski definition) is 1. The molecule has 2 heterocycles. The van der Waals surface area contributed by atoms with Crippen LogP contribution in [0.1, 0.15) is 11.1 Å². The van der Waals surface area contributed by atoms with E-state index in [-0.39, 0.29) is 0 Å². The summed E-state index contributed by atoms with van der Waals surface area (Å²) in [5.74, 6) is 0. The average molecular weight is 479 g/mol. The average Bonchev–Trinajstić information content (AvgIpc) is 3.09. The Hall–Kier alpha value is -2.68. The van der Waals surface area contributed by atoms with Gasteiger partial charge in [0.15, 0.2) is 5.70 Å². The van der Waals surface area contributed by atoms with Crippen molar-refractivity contribution < 1.29 is 0 Å². The molecule has 0 aliphatic heterocycles. The Morgan fingerprint density at radius 1 is 1.07 bits per heavy atom. The molecule has 0 unspecified atom stereocenters. The molecule has 0 bridgehead atoms.